The lowest BCUT2D eigenvalue weighted by atomic mass is 9.86. The maximum absolute atomic E-state index is 14.2. The molecular weight excluding hydrogens is 878 g/mol. The van der Waals surface area contributed by atoms with Gasteiger partial charge < -0.3 is 15.2 Å². The summed E-state index contributed by atoms with van der Waals surface area (Å²) in [5, 5.41) is 26.4. The summed E-state index contributed by atoms with van der Waals surface area (Å²) in [5.74, 6) is -0.175. The minimum atomic E-state index is -1.26. The molecule has 63 heavy (non-hydrogen) atoms. The van der Waals surface area contributed by atoms with Crippen molar-refractivity contribution in [3.05, 3.63) is 117 Å². The van der Waals surface area contributed by atoms with Crippen molar-refractivity contribution >= 4 is 97.6 Å². The number of azo groups is 1. The van der Waals surface area contributed by atoms with E-state index in [4.69, 9.17) is 56.1 Å². The van der Waals surface area contributed by atoms with E-state index in [0.717, 1.165) is 41.5 Å². The summed E-state index contributed by atoms with van der Waals surface area (Å²) in [4.78, 5) is 33.1. The van der Waals surface area contributed by atoms with Crippen molar-refractivity contribution < 1.29 is 19.4 Å². The smallest absolute Gasteiger partial charge is 0.280 e. The number of ether oxygens (including phenoxy) is 1. The Morgan fingerprint density at radius 1 is 0.810 bits per heavy atom. The number of nitrogens with one attached hydrogen (secondary N) is 2. The Bertz CT molecular complexity index is 2440. The molecule has 0 bridgehead atoms. The monoisotopic (exact) mass is 930 g/mol. The van der Waals surface area contributed by atoms with Crippen LogP contribution >= 0.6 is 46.4 Å². The highest BCUT2D eigenvalue weighted by Crippen LogP contribution is 2.39. The Balaban J connectivity index is 1.25. The number of aliphatic imine (C=N–C) groups is 1. The number of amidine groups is 1. The predicted octanol–water partition coefficient (Wildman–Crippen LogP) is 14.9. The molecule has 2 atom stereocenters. The first-order valence-electron chi connectivity index (χ1n) is 21.6. The minimum Gasteiger partial charge on any atom is -0.508 e. The van der Waals surface area contributed by atoms with Crippen LogP contribution in [0, 0.1) is 0 Å². The van der Waals surface area contributed by atoms with E-state index in [1.165, 1.54) is 50.7 Å². The second-order valence-corrected chi connectivity index (χ2v) is 18.4. The number of hydrogen-bond donors (Lipinski definition) is 3. The molecule has 5 aromatic carbocycles. The summed E-state index contributed by atoms with van der Waals surface area (Å²) in [7, 11) is 0. The molecule has 0 unspecified atom stereocenters. The number of carbonyl (C=O) groups is 2. The third kappa shape index (κ3) is 12.7. The average Bonchev–Trinajstić information content (AvgIpc) is 3.54. The fraction of sp³-hybridized carbons (Fsp3) is 0.367. The van der Waals surface area contributed by atoms with E-state index < -0.39 is 18.1 Å². The number of anilines is 2. The lowest BCUT2D eigenvalue weighted by Crippen LogP contribution is -2.36. The third-order valence-corrected chi connectivity index (χ3v) is 11.9. The molecule has 14 heteroatoms. The van der Waals surface area contributed by atoms with Crippen molar-refractivity contribution in [1.29, 1.82) is 0 Å². The molecule has 332 valence electrons. The number of nitrogens with zero attached hydrogens (tertiary/aromatic N) is 4. The summed E-state index contributed by atoms with van der Waals surface area (Å²) < 4.78 is 6.40. The van der Waals surface area contributed by atoms with Crippen molar-refractivity contribution in [3.8, 4) is 11.5 Å². The van der Waals surface area contributed by atoms with Gasteiger partial charge in [0.15, 0.2) is 11.9 Å². The molecule has 6 rings (SSSR count). The number of amides is 2. The van der Waals surface area contributed by atoms with Crippen molar-refractivity contribution in [2.45, 2.75) is 116 Å². The molecule has 1 heterocycles. The zero-order chi connectivity index (χ0) is 45.1. The Kier molecular flexibility index (Phi) is 16.7. The summed E-state index contributed by atoms with van der Waals surface area (Å²) >= 11 is 26.1. The maximum atomic E-state index is 14.2. The molecule has 3 N–H and O–H groups in total. The van der Waals surface area contributed by atoms with Crippen molar-refractivity contribution in [3.63, 3.8) is 0 Å². The highest BCUT2D eigenvalue weighted by atomic mass is 35.5. The molecule has 1 saturated heterocycles. The molecular formula is C49H54Cl4N6O4. The number of halogens is 4. The van der Waals surface area contributed by atoms with Gasteiger partial charge in [0.05, 0.1) is 26.4 Å². The largest absolute Gasteiger partial charge is 0.508 e. The fourth-order valence-electron chi connectivity index (χ4n) is 7.43. The standard InChI is InChI=1S/C49H54Cl4N6O4/c1-5-6-7-8-9-10-11-12-13-14-22-43(63-34-24-26-42(60)36(30-34)49(2,3)4)47(61)54-33-23-25-37(51)41(29-33)55-46-44(57-56-40-21-17-19-31-18-15-16-20-35(31)40)48(62)59(58-46)45-38(52)27-32(50)28-39(45)53/h15-21,23-30,43-44,60H,5-14,22H2,1-4H3,(H,54,61)(H,55,58)/t43-,44+/m1/s1. The average molecular weight is 933 g/mol. The summed E-state index contributed by atoms with van der Waals surface area (Å²) in [6, 6.07) is 25.0. The highest BCUT2D eigenvalue weighted by Gasteiger charge is 2.41. The van der Waals surface area contributed by atoms with Crippen LogP contribution in [0.2, 0.25) is 20.1 Å². The number of hydrogen-bond acceptors (Lipinski definition) is 7. The van der Waals surface area contributed by atoms with Crippen LogP contribution in [-0.2, 0) is 15.0 Å². The number of phenolic OH excluding ortho intramolecular Hbond substituents is 1. The third-order valence-electron chi connectivity index (χ3n) is 10.8. The molecule has 1 fully saturated rings. The van der Waals surface area contributed by atoms with E-state index in [0.29, 0.717) is 34.1 Å². The number of aromatic hydroxyl groups is 1. The van der Waals surface area contributed by atoms with Crippen LogP contribution in [-0.4, -0.2) is 34.9 Å². The molecule has 0 aromatic heterocycles. The summed E-state index contributed by atoms with van der Waals surface area (Å²) in [6.07, 6.45) is 11.3. The van der Waals surface area contributed by atoms with Crippen LogP contribution in [0.15, 0.2) is 106 Å². The quantitative estimate of drug-likeness (QED) is 0.0561. The second kappa shape index (κ2) is 22.2. The lowest BCUT2D eigenvalue weighted by Gasteiger charge is -2.23. The first-order valence-corrected chi connectivity index (χ1v) is 23.1. The van der Waals surface area contributed by atoms with E-state index >= 15 is 0 Å². The van der Waals surface area contributed by atoms with Crippen LogP contribution in [0.1, 0.15) is 104 Å². The Morgan fingerprint density at radius 2 is 1.48 bits per heavy atom. The normalized spacial score (nSPS) is 15.4. The Morgan fingerprint density at radius 3 is 2.17 bits per heavy atom. The van der Waals surface area contributed by atoms with Gasteiger partial charge in [-0.05, 0) is 78.2 Å². The van der Waals surface area contributed by atoms with Crippen LogP contribution < -0.4 is 20.5 Å². The number of carbonyl (C=O) groups excluding carboxylic acids is 2. The van der Waals surface area contributed by atoms with Crippen molar-refractivity contribution in [2.24, 2.45) is 15.2 Å². The topological polar surface area (TPSA) is 128 Å². The zero-order valence-corrected chi connectivity index (χ0v) is 39.1. The molecule has 2 amide bonds. The lowest BCUT2D eigenvalue weighted by molar-refractivity contribution is -0.123. The molecule has 0 saturated carbocycles. The van der Waals surface area contributed by atoms with Gasteiger partial charge in [0.2, 0.25) is 6.04 Å². The van der Waals surface area contributed by atoms with Gasteiger partial charge in [0.25, 0.3) is 11.8 Å². The van der Waals surface area contributed by atoms with Gasteiger partial charge in [-0.3, -0.25) is 15.0 Å². The molecule has 10 nitrogen and oxygen atoms in total. The molecule has 1 aliphatic rings. The molecule has 0 spiro atoms. The molecule has 1 aliphatic heterocycles. The number of rotatable bonds is 19. The maximum Gasteiger partial charge on any atom is 0.280 e. The van der Waals surface area contributed by atoms with Gasteiger partial charge in [-0.15, -0.1) is 0 Å². The summed E-state index contributed by atoms with van der Waals surface area (Å²) in [5.41, 5.74) is 4.75. The predicted molar refractivity (Wildman–Crippen MR) is 259 cm³/mol. The first-order chi connectivity index (χ1) is 30.2. The molecule has 0 aliphatic carbocycles. The Hall–Kier alpha value is -4.87. The number of phenols is 1. The van der Waals surface area contributed by atoms with Gasteiger partial charge >= 0.3 is 0 Å². The molecule has 5 aromatic rings. The number of hydrazine groups is 1. The SMILES string of the molecule is CCCCCCCCCCCC[C@@H](Oc1ccc(O)c(C(C)(C)C)c1)C(=O)Nc1ccc(Cl)c(N=C2NN(c3c(Cl)cc(Cl)cc3Cl)C(=O)[C@H]2N=Nc2cccc3ccccc23)c1. The zero-order valence-electron chi connectivity index (χ0n) is 36.1. The van der Waals surface area contributed by atoms with Crippen LogP contribution in [0.25, 0.3) is 10.8 Å². The highest BCUT2D eigenvalue weighted by molar-refractivity contribution is 6.43. The van der Waals surface area contributed by atoms with Gasteiger partial charge in [-0.1, -0.05) is 168 Å². The summed E-state index contributed by atoms with van der Waals surface area (Å²) in [6.45, 7) is 8.25. The van der Waals surface area contributed by atoms with Crippen molar-refractivity contribution in [1.82, 2.24) is 5.43 Å². The van der Waals surface area contributed by atoms with E-state index in [2.05, 4.69) is 27.9 Å². The van der Waals surface area contributed by atoms with E-state index in [-0.39, 0.29) is 49.3 Å². The van der Waals surface area contributed by atoms with Gasteiger partial charge in [0, 0.05) is 21.7 Å². The van der Waals surface area contributed by atoms with Crippen LogP contribution in [0.4, 0.5) is 22.7 Å². The first kappa shape index (κ1) is 47.6. The number of benzene rings is 5. The van der Waals surface area contributed by atoms with Crippen LogP contribution in [0.5, 0.6) is 11.5 Å². The number of fused-ring (bicyclic) bond motifs is 1. The van der Waals surface area contributed by atoms with Crippen molar-refractivity contribution in [2.75, 3.05) is 10.3 Å². The molecule has 0 radical (unpaired) electrons. The van der Waals surface area contributed by atoms with Gasteiger partial charge in [-0.2, -0.15) is 10.2 Å². The Labute approximate surface area is 390 Å². The number of unbranched alkanes of at least 4 members (excludes halogenated alkanes) is 9. The van der Waals surface area contributed by atoms with E-state index in [9.17, 15) is 14.7 Å². The van der Waals surface area contributed by atoms with Crippen LogP contribution in [0.3, 0.4) is 0 Å². The van der Waals surface area contributed by atoms with E-state index in [1.54, 1.807) is 36.4 Å². The second-order valence-electron chi connectivity index (χ2n) is 16.8. The fourth-order valence-corrected chi connectivity index (χ4v) is 8.58. The van der Waals surface area contributed by atoms with Gasteiger partial charge in [0.1, 0.15) is 17.2 Å². The van der Waals surface area contributed by atoms with E-state index in [1.807, 2.05) is 63.2 Å². The van der Waals surface area contributed by atoms with Gasteiger partial charge in [-0.25, -0.2) is 10.0 Å². The minimum absolute atomic E-state index is 0.0839.